The third-order valence-electron chi connectivity index (χ3n) is 5.67. The molecular formula is C22H21ClFN3O3. The predicted molar refractivity (Wildman–Crippen MR) is 112 cm³/mol. The molecule has 2 aromatic rings. The van der Waals surface area contributed by atoms with Crippen molar-refractivity contribution in [3.63, 3.8) is 0 Å². The number of imide groups is 1. The minimum atomic E-state index is -0.605. The third kappa shape index (κ3) is 4.08. The number of nitrogens with zero attached hydrogens (tertiary/aromatic N) is 2. The summed E-state index contributed by atoms with van der Waals surface area (Å²) >= 11 is 5.80. The van der Waals surface area contributed by atoms with Gasteiger partial charge in [-0.3, -0.25) is 19.3 Å². The summed E-state index contributed by atoms with van der Waals surface area (Å²) in [5, 5.41) is 2.78. The van der Waals surface area contributed by atoms with Crippen LogP contribution in [0.5, 0.6) is 0 Å². The second-order valence-corrected chi connectivity index (χ2v) is 7.96. The summed E-state index contributed by atoms with van der Waals surface area (Å²) in [6.45, 7) is 1.10. The molecule has 6 nitrogen and oxygen atoms in total. The number of carbonyl (C=O) groups is 3. The highest BCUT2D eigenvalue weighted by molar-refractivity contribution is 6.31. The molecule has 2 saturated heterocycles. The largest absolute Gasteiger partial charge is 0.326 e. The van der Waals surface area contributed by atoms with Crippen molar-refractivity contribution in [3.05, 3.63) is 59.4 Å². The van der Waals surface area contributed by atoms with E-state index in [0.29, 0.717) is 25.9 Å². The van der Waals surface area contributed by atoms with Gasteiger partial charge in [0.15, 0.2) is 0 Å². The number of nitrogens with one attached hydrogen (secondary N) is 1. The first-order valence-electron chi connectivity index (χ1n) is 9.86. The van der Waals surface area contributed by atoms with Gasteiger partial charge in [-0.25, -0.2) is 9.29 Å². The van der Waals surface area contributed by atoms with E-state index < -0.39 is 11.9 Å². The Balaban J connectivity index is 1.38. The highest BCUT2D eigenvalue weighted by Crippen LogP contribution is 2.31. The number of rotatable bonds is 4. The molecule has 2 aliphatic rings. The Labute approximate surface area is 178 Å². The predicted octanol–water partition coefficient (Wildman–Crippen LogP) is 3.46. The van der Waals surface area contributed by atoms with Crippen LogP contribution in [0.3, 0.4) is 0 Å². The van der Waals surface area contributed by atoms with Gasteiger partial charge in [-0.15, -0.1) is 0 Å². The van der Waals surface area contributed by atoms with Gasteiger partial charge in [0, 0.05) is 11.6 Å². The maximum atomic E-state index is 13.4. The lowest BCUT2D eigenvalue weighted by atomic mass is 9.94. The summed E-state index contributed by atoms with van der Waals surface area (Å²) < 4.78 is 13.4. The molecule has 4 rings (SSSR count). The fourth-order valence-electron chi connectivity index (χ4n) is 4.04. The summed E-state index contributed by atoms with van der Waals surface area (Å²) in [7, 11) is 0. The Morgan fingerprint density at radius 1 is 1.07 bits per heavy atom. The van der Waals surface area contributed by atoms with Crippen LogP contribution < -0.4 is 10.2 Å². The number of para-hydroxylation sites is 1. The fraction of sp³-hybridized carbons (Fsp3) is 0.318. The van der Waals surface area contributed by atoms with E-state index in [1.807, 2.05) is 35.2 Å². The Morgan fingerprint density at radius 2 is 1.77 bits per heavy atom. The highest BCUT2D eigenvalue weighted by atomic mass is 35.5. The Bertz CT molecular complexity index is 977. The summed E-state index contributed by atoms with van der Waals surface area (Å²) in [4.78, 5) is 40.9. The van der Waals surface area contributed by atoms with Crippen LogP contribution in [0.1, 0.15) is 19.3 Å². The lowest BCUT2D eigenvalue weighted by Crippen LogP contribution is -2.47. The lowest BCUT2D eigenvalue weighted by molar-refractivity contribution is -0.123. The smallest absolute Gasteiger partial charge is 0.251 e. The Hall–Kier alpha value is -2.77. The molecule has 30 heavy (non-hydrogen) atoms. The van der Waals surface area contributed by atoms with E-state index in [1.165, 1.54) is 12.1 Å². The van der Waals surface area contributed by atoms with Gasteiger partial charge in [-0.2, -0.15) is 0 Å². The molecule has 0 aromatic heterocycles. The van der Waals surface area contributed by atoms with Crippen molar-refractivity contribution in [1.82, 2.24) is 4.90 Å². The van der Waals surface area contributed by atoms with Crippen LogP contribution in [0, 0.1) is 11.7 Å². The zero-order chi connectivity index (χ0) is 21.3. The van der Waals surface area contributed by atoms with Crippen molar-refractivity contribution in [1.29, 1.82) is 0 Å². The van der Waals surface area contributed by atoms with Crippen LogP contribution in [-0.2, 0) is 14.4 Å². The molecular weight excluding hydrogens is 409 g/mol. The molecule has 156 valence electrons. The highest BCUT2D eigenvalue weighted by Gasteiger charge is 2.44. The van der Waals surface area contributed by atoms with Gasteiger partial charge in [0.2, 0.25) is 11.8 Å². The van der Waals surface area contributed by atoms with E-state index >= 15 is 0 Å². The molecule has 2 fully saturated rings. The normalized spacial score (nSPS) is 20.6. The van der Waals surface area contributed by atoms with Gasteiger partial charge < -0.3 is 5.32 Å². The van der Waals surface area contributed by atoms with Gasteiger partial charge in [-0.1, -0.05) is 29.8 Å². The SMILES string of the molecule is O=C(Nc1ccccc1)C1CCN(C2CC(=O)N(c3ccc(F)c(Cl)c3)C2=O)CC1. The van der Waals surface area contributed by atoms with E-state index in [2.05, 4.69) is 5.32 Å². The average Bonchev–Trinajstić information content (AvgIpc) is 3.05. The number of benzene rings is 2. The number of hydrogen-bond acceptors (Lipinski definition) is 4. The topological polar surface area (TPSA) is 69.7 Å². The minimum Gasteiger partial charge on any atom is -0.326 e. The minimum absolute atomic E-state index is 0.0303. The first-order valence-corrected chi connectivity index (χ1v) is 10.2. The number of anilines is 2. The fourth-order valence-corrected chi connectivity index (χ4v) is 4.21. The zero-order valence-corrected chi connectivity index (χ0v) is 16.9. The molecule has 0 aliphatic carbocycles. The average molecular weight is 430 g/mol. The maximum Gasteiger partial charge on any atom is 0.251 e. The quantitative estimate of drug-likeness (QED) is 0.756. The second kappa shape index (κ2) is 8.53. The van der Waals surface area contributed by atoms with Gasteiger partial charge in [0.05, 0.1) is 23.2 Å². The molecule has 0 bridgehead atoms. The van der Waals surface area contributed by atoms with E-state index in [-0.39, 0.29) is 40.8 Å². The van der Waals surface area contributed by atoms with Gasteiger partial charge in [0.25, 0.3) is 5.91 Å². The molecule has 2 heterocycles. The van der Waals surface area contributed by atoms with Crippen LogP contribution >= 0.6 is 11.6 Å². The van der Waals surface area contributed by atoms with Crippen molar-refractivity contribution in [2.75, 3.05) is 23.3 Å². The molecule has 0 saturated carbocycles. The van der Waals surface area contributed by atoms with Crippen LogP contribution in [0.4, 0.5) is 15.8 Å². The van der Waals surface area contributed by atoms with E-state index in [9.17, 15) is 18.8 Å². The van der Waals surface area contributed by atoms with Gasteiger partial charge in [0.1, 0.15) is 5.82 Å². The zero-order valence-electron chi connectivity index (χ0n) is 16.2. The Kier molecular flexibility index (Phi) is 5.83. The van der Waals surface area contributed by atoms with Crippen molar-refractivity contribution in [3.8, 4) is 0 Å². The number of piperidine rings is 1. The van der Waals surface area contributed by atoms with Crippen LogP contribution in [-0.4, -0.2) is 41.8 Å². The van der Waals surface area contributed by atoms with Crippen molar-refractivity contribution < 1.29 is 18.8 Å². The van der Waals surface area contributed by atoms with Gasteiger partial charge >= 0.3 is 0 Å². The lowest BCUT2D eigenvalue weighted by Gasteiger charge is -2.34. The van der Waals surface area contributed by atoms with Gasteiger partial charge in [-0.05, 0) is 56.3 Å². The molecule has 3 amide bonds. The molecule has 2 aromatic carbocycles. The summed E-state index contributed by atoms with van der Waals surface area (Å²) in [5.74, 6) is -1.45. The second-order valence-electron chi connectivity index (χ2n) is 7.55. The third-order valence-corrected chi connectivity index (χ3v) is 5.96. The number of halogens is 2. The van der Waals surface area contributed by atoms with E-state index in [1.54, 1.807) is 0 Å². The maximum absolute atomic E-state index is 13.4. The molecule has 1 N–H and O–H groups in total. The van der Waals surface area contributed by atoms with Crippen LogP contribution in [0.25, 0.3) is 0 Å². The summed E-state index contributed by atoms with van der Waals surface area (Å²) in [6.07, 6.45) is 1.28. The molecule has 0 radical (unpaired) electrons. The number of carbonyl (C=O) groups excluding carboxylic acids is 3. The molecule has 0 spiro atoms. The number of hydrogen-bond donors (Lipinski definition) is 1. The monoisotopic (exact) mass is 429 g/mol. The van der Waals surface area contributed by atoms with Crippen LogP contribution in [0.15, 0.2) is 48.5 Å². The van der Waals surface area contributed by atoms with Crippen molar-refractivity contribution in [2.24, 2.45) is 5.92 Å². The van der Waals surface area contributed by atoms with Crippen molar-refractivity contribution in [2.45, 2.75) is 25.3 Å². The molecule has 2 aliphatic heterocycles. The van der Waals surface area contributed by atoms with Crippen molar-refractivity contribution >= 4 is 40.7 Å². The molecule has 1 atom stereocenters. The van der Waals surface area contributed by atoms with E-state index in [0.717, 1.165) is 16.7 Å². The summed E-state index contributed by atoms with van der Waals surface area (Å²) in [6, 6.07) is 12.5. The van der Waals surface area contributed by atoms with Crippen LogP contribution in [0.2, 0.25) is 5.02 Å². The molecule has 8 heteroatoms. The van der Waals surface area contributed by atoms with E-state index in [4.69, 9.17) is 11.6 Å². The molecule has 1 unspecified atom stereocenters. The summed E-state index contributed by atoms with van der Waals surface area (Å²) in [5.41, 5.74) is 1.03. The first kappa shape index (κ1) is 20.5. The number of amides is 3. The Morgan fingerprint density at radius 3 is 2.43 bits per heavy atom. The standard InChI is InChI=1S/C22H21ClFN3O3/c23-17-12-16(6-7-18(17)24)27-20(28)13-19(22(27)30)26-10-8-14(9-11-26)21(29)25-15-4-2-1-3-5-15/h1-7,12,14,19H,8-11,13H2,(H,25,29). The number of likely N-dealkylation sites (tertiary alicyclic amines) is 1. The first-order chi connectivity index (χ1) is 14.4.